The molecule has 0 aromatic heterocycles. The fourth-order valence-electron chi connectivity index (χ4n) is 4.98. The second-order valence-electron chi connectivity index (χ2n) is 11.7. The van der Waals surface area contributed by atoms with E-state index in [0.29, 0.717) is 11.8 Å². The number of rotatable bonds is 10. The van der Waals surface area contributed by atoms with Crippen molar-refractivity contribution in [3.8, 4) is 0 Å². The molecule has 2 atom stereocenters. The average molecular weight is 443 g/mol. The molecular weight excluding hydrogens is 392 g/mol. The molecule has 2 nitrogen and oxygen atoms in total. The molecule has 2 aliphatic rings. The minimum Gasteiger partial charge on any atom is -0.343 e. The normalized spacial score (nSPS) is 23.1. The summed E-state index contributed by atoms with van der Waals surface area (Å²) in [4.78, 5) is 0. The van der Waals surface area contributed by atoms with Gasteiger partial charge in [-0.3, -0.25) is 0 Å². The standard InChI is InChI=1S/C30H50O2/c1-22(2)11-10-12-25(5)21-28(31-29(6,7)26-17-13-23(3)14-18-26)32-30(8,9)27-19-15-24(4)16-20-27/h11,13,15,21,26-28H,10,12,14,16-20H2,1-9H3/b25-21+/t26-,27-/m0/s1. The molecule has 0 saturated carbocycles. The van der Waals surface area contributed by atoms with Crippen molar-refractivity contribution in [2.24, 2.45) is 11.8 Å². The van der Waals surface area contributed by atoms with E-state index in [0.717, 1.165) is 25.7 Å². The topological polar surface area (TPSA) is 18.5 Å². The summed E-state index contributed by atoms with van der Waals surface area (Å²) in [6.45, 7) is 20.1. The van der Waals surface area contributed by atoms with E-state index >= 15 is 0 Å². The first kappa shape index (κ1) is 27.1. The summed E-state index contributed by atoms with van der Waals surface area (Å²) in [7, 11) is 0. The van der Waals surface area contributed by atoms with Crippen molar-refractivity contribution in [1.29, 1.82) is 0 Å². The van der Waals surface area contributed by atoms with Gasteiger partial charge in [0.2, 0.25) is 0 Å². The smallest absolute Gasteiger partial charge is 0.178 e. The van der Waals surface area contributed by atoms with Crippen molar-refractivity contribution in [2.45, 2.75) is 131 Å². The molecule has 0 heterocycles. The minimum atomic E-state index is -0.314. The monoisotopic (exact) mass is 442 g/mol. The third kappa shape index (κ3) is 8.67. The van der Waals surface area contributed by atoms with Gasteiger partial charge in [0, 0.05) is 0 Å². The summed E-state index contributed by atoms with van der Waals surface area (Å²) in [6.07, 6.45) is 18.1. The molecule has 0 saturated heterocycles. The first-order valence-corrected chi connectivity index (χ1v) is 12.9. The Labute approximate surface area is 199 Å². The average Bonchev–Trinajstić information content (AvgIpc) is 2.67. The highest BCUT2D eigenvalue weighted by atomic mass is 16.7. The zero-order valence-corrected chi connectivity index (χ0v) is 22.5. The first-order valence-electron chi connectivity index (χ1n) is 12.9. The quantitative estimate of drug-likeness (QED) is 0.248. The molecule has 2 aliphatic carbocycles. The van der Waals surface area contributed by atoms with Crippen molar-refractivity contribution in [1.82, 2.24) is 0 Å². The molecule has 0 radical (unpaired) electrons. The SMILES string of the molecule is CC(C)=CCC/C(C)=C/C(OC(C)(C)[C@H]1CC=C(C)CC1)OC(C)(C)[C@H]1CC=C(C)CC1. The van der Waals surface area contributed by atoms with Crippen molar-refractivity contribution in [3.05, 3.63) is 46.6 Å². The molecular formula is C30H50O2. The van der Waals surface area contributed by atoms with Gasteiger partial charge in [0.25, 0.3) is 0 Å². The number of allylic oxidation sites excluding steroid dienone is 7. The predicted octanol–water partition coefficient (Wildman–Crippen LogP) is 9.09. The first-order chi connectivity index (χ1) is 14.9. The molecule has 2 rings (SSSR count). The summed E-state index contributed by atoms with van der Waals surface area (Å²) < 4.78 is 13.6. The maximum atomic E-state index is 6.80. The lowest BCUT2D eigenvalue weighted by Crippen LogP contribution is -2.44. The maximum absolute atomic E-state index is 6.80. The van der Waals surface area contributed by atoms with Crippen LogP contribution in [0.15, 0.2) is 46.6 Å². The molecule has 0 unspecified atom stereocenters. The Bertz CT molecular complexity index is 684. The van der Waals surface area contributed by atoms with Crippen molar-refractivity contribution >= 4 is 0 Å². The van der Waals surface area contributed by atoms with Crippen LogP contribution in [-0.4, -0.2) is 17.5 Å². The second-order valence-corrected chi connectivity index (χ2v) is 11.7. The fourth-order valence-corrected chi connectivity index (χ4v) is 4.98. The lowest BCUT2D eigenvalue weighted by molar-refractivity contribution is -0.243. The van der Waals surface area contributed by atoms with Crippen molar-refractivity contribution in [2.75, 3.05) is 0 Å². The lowest BCUT2D eigenvalue weighted by Gasteiger charge is -2.42. The molecule has 0 aromatic carbocycles. The van der Waals surface area contributed by atoms with Gasteiger partial charge in [-0.1, -0.05) is 40.5 Å². The van der Waals surface area contributed by atoms with E-state index in [1.54, 1.807) is 0 Å². The van der Waals surface area contributed by atoms with Gasteiger partial charge in [-0.05, 0) is 132 Å². The molecule has 0 N–H and O–H groups in total. The van der Waals surface area contributed by atoms with E-state index in [9.17, 15) is 0 Å². The molecule has 0 bridgehead atoms. The number of hydrogen-bond donors (Lipinski definition) is 0. The van der Waals surface area contributed by atoms with Crippen LogP contribution < -0.4 is 0 Å². The third-order valence-corrected chi connectivity index (χ3v) is 7.59. The highest BCUT2D eigenvalue weighted by Crippen LogP contribution is 2.38. The third-order valence-electron chi connectivity index (χ3n) is 7.59. The molecule has 0 aliphatic heterocycles. The largest absolute Gasteiger partial charge is 0.343 e. The number of hydrogen-bond acceptors (Lipinski definition) is 2. The van der Waals surface area contributed by atoms with E-state index in [1.807, 2.05) is 0 Å². The summed E-state index contributed by atoms with van der Waals surface area (Å²) >= 11 is 0. The van der Waals surface area contributed by atoms with Crippen LogP contribution in [-0.2, 0) is 9.47 Å². The van der Waals surface area contributed by atoms with Gasteiger partial charge in [-0.25, -0.2) is 0 Å². The van der Waals surface area contributed by atoms with Crippen LogP contribution in [0.5, 0.6) is 0 Å². The van der Waals surface area contributed by atoms with Crippen LogP contribution >= 0.6 is 0 Å². The zero-order valence-electron chi connectivity index (χ0n) is 22.5. The van der Waals surface area contributed by atoms with E-state index in [-0.39, 0.29) is 17.5 Å². The van der Waals surface area contributed by atoms with Gasteiger partial charge in [0.15, 0.2) is 6.29 Å². The summed E-state index contributed by atoms with van der Waals surface area (Å²) in [5.74, 6) is 1.06. The van der Waals surface area contributed by atoms with Crippen molar-refractivity contribution in [3.63, 3.8) is 0 Å². The van der Waals surface area contributed by atoms with Crippen LogP contribution in [0.4, 0.5) is 0 Å². The number of ether oxygens (including phenoxy) is 2. The molecule has 182 valence electrons. The Morgan fingerprint density at radius 2 is 1.38 bits per heavy atom. The van der Waals surface area contributed by atoms with Gasteiger partial charge in [-0.2, -0.15) is 0 Å². The molecule has 32 heavy (non-hydrogen) atoms. The van der Waals surface area contributed by atoms with Crippen LogP contribution in [0.1, 0.15) is 114 Å². The summed E-state index contributed by atoms with van der Waals surface area (Å²) in [5, 5.41) is 0. The molecule has 0 aromatic rings. The highest BCUT2D eigenvalue weighted by Gasteiger charge is 2.38. The molecule has 2 heteroatoms. The van der Waals surface area contributed by atoms with Gasteiger partial charge < -0.3 is 9.47 Å². The van der Waals surface area contributed by atoms with Gasteiger partial charge in [0.05, 0.1) is 11.2 Å². The Morgan fingerprint density at radius 3 is 1.75 bits per heavy atom. The fraction of sp³-hybridized carbons (Fsp3) is 0.733. The lowest BCUT2D eigenvalue weighted by atomic mass is 9.79. The predicted molar refractivity (Wildman–Crippen MR) is 139 cm³/mol. The zero-order chi connectivity index (χ0) is 23.9. The van der Waals surface area contributed by atoms with Crippen LogP contribution in [0.25, 0.3) is 0 Å². The van der Waals surface area contributed by atoms with Crippen molar-refractivity contribution < 1.29 is 9.47 Å². The Kier molecular flexibility index (Phi) is 10.0. The van der Waals surface area contributed by atoms with Crippen LogP contribution in [0, 0.1) is 11.8 Å². The van der Waals surface area contributed by atoms with E-state index < -0.39 is 0 Å². The highest BCUT2D eigenvalue weighted by molar-refractivity contribution is 5.08. The van der Waals surface area contributed by atoms with E-state index in [4.69, 9.17) is 9.47 Å². The molecule has 0 amide bonds. The minimum absolute atomic E-state index is 0.225. The second kappa shape index (κ2) is 11.8. The van der Waals surface area contributed by atoms with Gasteiger partial charge in [0.1, 0.15) is 0 Å². The Balaban J connectivity index is 2.17. The van der Waals surface area contributed by atoms with Gasteiger partial charge in [-0.15, -0.1) is 0 Å². The van der Waals surface area contributed by atoms with Crippen LogP contribution in [0.2, 0.25) is 0 Å². The maximum Gasteiger partial charge on any atom is 0.178 e. The summed E-state index contributed by atoms with van der Waals surface area (Å²) in [6, 6.07) is 0. The summed E-state index contributed by atoms with van der Waals surface area (Å²) in [5.41, 5.74) is 5.31. The molecule has 0 fully saturated rings. The van der Waals surface area contributed by atoms with Gasteiger partial charge >= 0.3 is 0 Å². The van der Waals surface area contributed by atoms with E-state index in [2.05, 4.69) is 86.6 Å². The Hall–Kier alpha value is -1.12. The Morgan fingerprint density at radius 1 is 0.906 bits per heavy atom. The van der Waals surface area contributed by atoms with E-state index in [1.165, 1.54) is 48.0 Å². The van der Waals surface area contributed by atoms with Crippen LogP contribution in [0.3, 0.4) is 0 Å². The molecule has 0 spiro atoms.